The Morgan fingerprint density at radius 3 is 3.14 bits per heavy atom. The molecule has 1 aromatic heterocycles. The summed E-state index contributed by atoms with van der Waals surface area (Å²) >= 11 is 3.25. The van der Waals surface area contributed by atoms with E-state index in [0.717, 1.165) is 32.8 Å². The van der Waals surface area contributed by atoms with Crippen molar-refractivity contribution >= 4 is 45.0 Å². The van der Waals surface area contributed by atoms with Crippen LogP contribution in [0.4, 0.5) is 5.00 Å². The number of carbonyl (C=O) groups excluding carboxylic acids is 1. The monoisotopic (exact) mass is 430 g/mol. The Morgan fingerprint density at radius 2 is 2.28 bits per heavy atom. The number of benzene rings is 1. The van der Waals surface area contributed by atoms with Crippen LogP contribution in [0.25, 0.3) is 0 Å². The van der Waals surface area contributed by atoms with Crippen LogP contribution in [0.3, 0.4) is 0 Å². The Morgan fingerprint density at radius 1 is 1.34 bits per heavy atom. The quantitative estimate of drug-likeness (QED) is 0.503. The van der Waals surface area contributed by atoms with E-state index in [2.05, 4.69) is 44.5 Å². The van der Waals surface area contributed by atoms with Crippen molar-refractivity contribution in [3.63, 3.8) is 0 Å². The maximum absolute atomic E-state index is 12.5. The molecule has 152 valence electrons. The van der Waals surface area contributed by atoms with Crippen molar-refractivity contribution in [2.24, 2.45) is 9.98 Å². The third-order valence-electron chi connectivity index (χ3n) is 4.23. The first-order valence-electron chi connectivity index (χ1n) is 9.24. The number of amidine groups is 2. The molecule has 0 bridgehead atoms. The SMILES string of the molecule is Cc1cc2c(s1)NC(C(=O)NCc1cccc(OCCSC3=NCNN3)c1)=NC2. The molecule has 0 saturated heterocycles. The standard InChI is InChI=1S/C19H22N6O2S2/c1-12-7-14-10-20-16(24-18(14)29-12)17(26)21-9-13-3-2-4-15(8-13)27-5-6-28-19-22-11-23-25-19/h2-4,7-8,23H,5-6,9-11H2,1H3,(H,20,24)(H,21,26)(H,22,25). The van der Waals surface area contributed by atoms with Gasteiger partial charge in [-0.15, -0.1) is 11.3 Å². The van der Waals surface area contributed by atoms with E-state index in [1.165, 1.54) is 4.88 Å². The van der Waals surface area contributed by atoms with Gasteiger partial charge < -0.3 is 15.4 Å². The molecule has 0 unspecified atom stereocenters. The second-order valence-corrected chi connectivity index (χ2v) is 8.79. The maximum Gasteiger partial charge on any atom is 0.287 e. The molecule has 1 amide bonds. The van der Waals surface area contributed by atoms with Crippen molar-refractivity contribution in [2.75, 3.05) is 24.3 Å². The van der Waals surface area contributed by atoms with Gasteiger partial charge in [-0.2, -0.15) is 0 Å². The summed E-state index contributed by atoms with van der Waals surface area (Å²) in [7, 11) is 0. The summed E-state index contributed by atoms with van der Waals surface area (Å²) in [5.74, 6) is 1.73. The lowest BCUT2D eigenvalue weighted by Gasteiger charge is -2.15. The molecule has 2 aromatic rings. The number of ether oxygens (including phenoxy) is 1. The summed E-state index contributed by atoms with van der Waals surface area (Å²) in [6.07, 6.45) is 0. The van der Waals surface area contributed by atoms with Crippen molar-refractivity contribution in [3.8, 4) is 5.75 Å². The van der Waals surface area contributed by atoms with E-state index in [1.807, 2.05) is 24.3 Å². The molecular formula is C19H22N6O2S2. The van der Waals surface area contributed by atoms with Crippen molar-refractivity contribution in [2.45, 2.75) is 20.0 Å². The zero-order valence-corrected chi connectivity index (χ0v) is 17.6. The molecule has 29 heavy (non-hydrogen) atoms. The fourth-order valence-corrected chi connectivity index (χ4v) is 4.47. The second-order valence-electron chi connectivity index (χ2n) is 6.45. The molecule has 10 heteroatoms. The zero-order valence-electron chi connectivity index (χ0n) is 15.9. The number of amides is 1. The van der Waals surface area contributed by atoms with Crippen molar-refractivity contribution in [3.05, 3.63) is 46.3 Å². The molecule has 4 rings (SSSR count). The zero-order chi connectivity index (χ0) is 20.1. The number of thioether (sulfide) groups is 1. The van der Waals surface area contributed by atoms with Gasteiger partial charge in [-0.3, -0.25) is 15.2 Å². The Balaban J connectivity index is 1.23. The molecular weight excluding hydrogens is 408 g/mol. The topological polar surface area (TPSA) is 99.1 Å². The van der Waals surface area contributed by atoms with Crippen LogP contribution in [-0.2, 0) is 17.9 Å². The van der Waals surface area contributed by atoms with Crippen LogP contribution >= 0.6 is 23.1 Å². The predicted molar refractivity (Wildman–Crippen MR) is 119 cm³/mol. The predicted octanol–water partition coefficient (Wildman–Crippen LogP) is 2.23. The first kappa shape index (κ1) is 19.7. The summed E-state index contributed by atoms with van der Waals surface area (Å²) in [5.41, 5.74) is 8.02. The molecule has 8 nitrogen and oxygen atoms in total. The van der Waals surface area contributed by atoms with Crippen molar-refractivity contribution < 1.29 is 9.53 Å². The largest absolute Gasteiger partial charge is 0.493 e. The molecule has 3 heterocycles. The number of aryl methyl sites for hydroxylation is 1. The normalized spacial score (nSPS) is 14.9. The highest BCUT2D eigenvalue weighted by Crippen LogP contribution is 2.30. The number of hydrogen-bond acceptors (Lipinski definition) is 9. The molecule has 0 fully saturated rings. The summed E-state index contributed by atoms with van der Waals surface area (Å²) in [5, 5.41) is 7.94. The van der Waals surface area contributed by atoms with Crippen molar-refractivity contribution in [1.82, 2.24) is 16.2 Å². The van der Waals surface area contributed by atoms with Crippen LogP contribution in [0, 0.1) is 6.92 Å². The molecule has 0 radical (unpaired) electrons. The van der Waals surface area contributed by atoms with Gasteiger partial charge in [0.15, 0.2) is 11.0 Å². The minimum Gasteiger partial charge on any atom is -0.493 e. The number of thiophene rings is 1. The third-order valence-corrected chi connectivity index (χ3v) is 6.11. The van der Waals surface area contributed by atoms with Gasteiger partial charge in [0.1, 0.15) is 12.4 Å². The van der Waals surface area contributed by atoms with Crippen LogP contribution in [0.2, 0.25) is 0 Å². The fraction of sp³-hybridized carbons (Fsp3) is 0.316. The molecule has 2 aliphatic heterocycles. The van der Waals surface area contributed by atoms with Crippen LogP contribution in [0.1, 0.15) is 16.0 Å². The van der Waals surface area contributed by atoms with Gasteiger partial charge in [0, 0.05) is 22.7 Å². The summed E-state index contributed by atoms with van der Waals surface area (Å²) in [4.78, 5) is 22.2. The Hall–Kier alpha value is -2.56. The van der Waals surface area contributed by atoms with E-state index in [1.54, 1.807) is 23.1 Å². The average Bonchev–Trinajstić information content (AvgIpc) is 3.37. The highest BCUT2D eigenvalue weighted by Gasteiger charge is 2.19. The highest BCUT2D eigenvalue weighted by atomic mass is 32.2. The third kappa shape index (κ3) is 5.28. The number of hydrogen-bond donors (Lipinski definition) is 4. The van der Waals surface area contributed by atoms with E-state index >= 15 is 0 Å². The van der Waals surface area contributed by atoms with Gasteiger partial charge in [-0.05, 0) is 30.7 Å². The highest BCUT2D eigenvalue weighted by molar-refractivity contribution is 8.13. The first-order valence-corrected chi connectivity index (χ1v) is 11.0. The minimum absolute atomic E-state index is 0.206. The number of nitrogens with one attached hydrogen (secondary N) is 4. The number of aliphatic imine (C=N–C) groups is 2. The maximum atomic E-state index is 12.5. The van der Waals surface area contributed by atoms with E-state index < -0.39 is 0 Å². The van der Waals surface area contributed by atoms with Gasteiger partial charge in [0.2, 0.25) is 0 Å². The molecule has 0 aliphatic carbocycles. The lowest BCUT2D eigenvalue weighted by molar-refractivity contribution is -0.115. The number of anilines is 1. The van der Waals surface area contributed by atoms with Gasteiger partial charge in [-0.25, -0.2) is 10.4 Å². The van der Waals surface area contributed by atoms with E-state index in [4.69, 9.17) is 4.74 Å². The smallest absolute Gasteiger partial charge is 0.287 e. The van der Waals surface area contributed by atoms with Crippen LogP contribution in [0.5, 0.6) is 5.75 Å². The van der Waals surface area contributed by atoms with Crippen LogP contribution in [-0.4, -0.2) is 35.9 Å². The first-order chi connectivity index (χ1) is 14.2. The number of nitrogens with zero attached hydrogens (tertiary/aromatic N) is 2. The van der Waals surface area contributed by atoms with Gasteiger partial charge in [-0.1, -0.05) is 23.9 Å². The molecule has 0 spiro atoms. The van der Waals surface area contributed by atoms with E-state index in [9.17, 15) is 4.79 Å². The average molecular weight is 431 g/mol. The number of rotatable bonds is 7. The van der Waals surface area contributed by atoms with Gasteiger partial charge in [0.05, 0.1) is 18.2 Å². The number of fused-ring (bicyclic) bond motifs is 1. The summed E-state index contributed by atoms with van der Waals surface area (Å²) in [6, 6.07) is 9.84. The van der Waals surface area contributed by atoms with Crippen molar-refractivity contribution in [1.29, 1.82) is 0 Å². The minimum atomic E-state index is -0.206. The molecule has 0 saturated carbocycles. The molecule has 2 aliphatic rings. The lowest BCUT2D eigenvalue weighted by atomic mass is 10.2. The Bertz CT molecular complexity index is 956. The molecule has 0 atom stereocenters. The van der Waals surface area contributed by atoms with Gasteiger partial charge in [0.25, 0.3) is 5.91 Å². The van der Waals surface area contributed by atoms with Crippen LogP contribution < -0.4 is 26.2 Å². The summed E-state index contributed by atoms with van der Waals surface area (Å²) < 4.78 is 5.80. The fourth-order valence-electron chi connectivity index (χ4n) is 2.89. The second kappa shape index (κ2) is 9.29. The Labute approximate surface area is 177 Å². The number of carbonyl (C=O) groups is 1. The van der Waals surface area contributed by atoms with Gasteiger partial charge >= 0.3 is 0 Å². The number of hydrazine groups is 1. The Kier molecular flexibility index (Phi) is 6.33. The lowest BCUT2D eigenvalue weighted by Crippen LogP contribution is -2.36. The summed E-state index contributed by atoms with van der Waals surface area (Å²) in [6.45, 7) is 4.18. The molecule has 4 N–H and O–H groups in total. The van der Waals surface area contributed by atoms with E-state index in [0.29, 0.717) is 32.2 Å². The van der Waals surface area contributed by atoms with Crippen LogP contribution in [0.15, 0.2) is 40.3 Å². The molecule has 1 aromatic carbocycles. The van der Waals surface area contributed by atoms with E-state index in [-0.39, 0.29) is 5.91 Å².